The van der Waals surface area contributed by atoms with Gasteiger partial charge in [-0.1, -0.05) is 0 Å². The number of ether oxygens (including phenoxy) is 1. The molecule has 0 aromatic heterocycles. The minimum atomic E-state index is -3.02. The van der Waals surface area contributed by atoms with Gasteiger partial charge in [-0.2, -0.15) is 0 Å². The van der Waals surface area contributed by atoms with Gasteiger partial charge in [-0.25, -0.2) is 8.42 Å². The summed E-state index contributed by atoms with van der Waals surface area (Å²) in [6.07, 6.45) is 3.53. The fourth-order valence-electron chi connectivity index (χ4n) is 3.05. The van der Waals surface area contributed by atoms with E-state index >= 15 is 0 Å². The number of hydrogen-bond donors (Lipinski definition) is 1. The first-order valence-corrected chi connectivity index (χ1v) is 10.2. The van der Waals surface area contributed by atoms with Gasteiger partial charge >= 0.3 is 0 Å². The Bertz CT molecular complexity index is 539. The summed E-state index contributed by atoms with van der Waals surface area (Å²) < 4.78 is 29.0. The van der Waals surface area contributed by atoms with E-state index in [1.807, 2.05) is 6.92 Å². The van der Waals surface area contributed by atoms with E-state index in [1.54, 1.807) is 20.9 Å². The van der Waals surface area contributed by atoms with Crippen molar-refractivity contribution in [3.8, 4) is 0 Å². The maximum atomic E-state index is 12.1. The maximum absolute atomic E-state index is 12.1. The largest absolute Gasteiger partial charge is 0.382 e. The topological polar surface area (TPSA) is 71.0 Å². The van der Waals surface area contributed by atoms with Crippen molar-refractivity contribution in [2.75, 3.05) is 45.6 Å². The van der Waals surface area contributed by atoms with E-state index in [0.29, 0.717) is 18.5 Å². The van der Waals surface area contributed by atoms with Crippen LogP contribution in [-0.4, -0.2) is 69.7 Å². The predicted octanol–water partition coefficient (Wildman–Crippen LogP) is 1.28. The maximum Gasteiger partial charge on any atom is 0.193 e. The summed E-state index contributed by atoms with van der Waals surface area (Å²) in [5.74, 6) is 1.01. The van der Waals surface area contributed by atoms with Gasteiger partial charge in [0.2, 0.25) is 0 Å². The van der Waals surface area contributed by atoms with Crippen molar-refractivity contribution < 1.29 is 13.2 Å². The fourth-order valence-corrected chi connectivity index (χ4v) is 4.41. The van der Waals surface area contributed by atoms with Gasteiger partial charge in [-0.05, 0) is 45.4 Å². The van der Waals surface area contributed by atoms with Crippen LogP contribution in [0.2, 0.25) is 0 Å². The summed E-state index contributed by atoms with van der Waals surface area (Å²) in [6.45, 7) is 9.08. The van der Waals surface area contributed by atoms with Gasteiger partial charge in [-0.3, -0.25) is 4.99 Å². The summed E-state index contributed by atoms with van der Waals surface area (Å²) in [5, 5.41) is 3.46. The molecule has 0 unspecified atom stereocenters. The van der Waals surface area contributed by atoms with Gasteiger partial charge in [-0.15, -0.1) is 0 Å². The monoisotopic (exact) mass is 345 g/mol. The molecule has 0 amide bonds. The van der Waals surface area contributed by atoms with Crippen LogP contribution in [0.25, 0.3) is 0 Å². The Labute approximate surface area is 140 Å². The number of sulfone groups is 1. The average molecular weight is 346 g/mol. The Balaban J connectivity index is 1.89. The molecule has 0 bridgehead atoms. The van der Waals surface area contributed by atoms with E-state index in [-0.39, 0.29) is 5.75 Å². The fraction of sp³-hybridized carbons (Fsp3) is 0.938. The van der Waals surface area contributed by atoms with Gasteiger partial charge in [0.25, 0.3) is 0 Å². The Kier molecular flexibility index (Phi) is 5.61. The molecule has 1 heterocycles. The van der Waals surface area contributed by atoms with Crippen molar-refractivity contribution in [3.05, 3.63) is 0 Å². The highest BCUT2D eigenvalue weighted by molar-refractivity contribution is 7.92. The first-order chi connectivity index (χ1) is 10.8. The van der Waals surface area contributed by atoms with Crippen LogP contribution in [0.4, 0.5) is 0 Å². The zero-order valence-electron chi connectivity index (χ0n) is 14.9. The molecule has 1 N–H and O–H groups in total. The van der Waals surface area contributed by atoms with Crippen molar-refractivity contribution in [1.29, 1.82) is 0 Å². The summed E-state index contributed by atoms with van der Waals surface area (Å²) in [6, 6.07) is 0. The highest BCUT2D eigenvalue weighted by Crippen LogP contribution is 2.48. The lowest BCUT2D eigenvalue weighted by Crippen LogP contribution is -2.57. The first-order valence-electron chi connectivity index (χ1n) is 8.51. The lowest BCUT2D eigenvalue weighted by atomic mass is 10.0. The number of guanidine groups is 1. The lowest BCUT2D eigenvalue weighted by Gasteiger charge is -2.39. The SMILES string of the molecule is CCOCCC1(CNC(=NC)N2CCS(=O)(=O)C(C)(C)C2)CC1. The number of aliphatic imine (C=N–C) groups is 1. The van der Waals surface area contributed by atoms with Crippen molar-refractivity contribution in [3.63, 3.8) is 0 Å². The molecule has 2 rings (SSSR count). The molecule has 0 radical (unpaired) electrons. The van der Waals surface area contributed by atoms with Gasteiger partial charge in [0.1, 0.15) is 0 Å². The van der Waals surface area contributed by atoms with Gasteiger partial charge in [0, 0.05) is 39.9 Å². The van der Waals surface area contributed by atoms with Crippen molar-refractivity contribution in [2.45, 2.75) is 44.8 Å². The Morgan fingerprint density at radius 2 is 2.04 bits per heavy atom. The van der Waals surface area contributed by atoms with Crippen LogP contribution < -0.4 is 5.32 Å². The van der Waals surface area contributed by atoms with Crippen LogP contribution in [0.15, 0.2) is 4.99 Å². The van der Waals surface area contributed by atoms with E-state index in [2.05, 4.69) is 15.2 Å². The number of rotatable bonds is 6. The normalized spacial score (nSPS) is 25.2. The molecule has 0 spiro atoms. The third kappa shape index (κ3) is 4.38. The molecule has 2 fully saturated rings. The van der Waals surface area contributed by atoms with Crippen molar-refractivity contribution >= 4 is 15.8 Å². The predicted molar refractivity (Wildman–Crippen MR) is 93.6 cm³/mol. The van der Waals surface area contributed by atoms with E-state index < -0.39 is 14.6 Å². The van der Waals surface area contributed by atoms with Crippen LogP contribution in [0.1, 0.15) is 40.0 Å². The summed E-state index contributed by atoms with van der Waals surface area (Å²) in [5.41, 5.74) is 0.336. The number of hydrogen-bond acceptors (Lipinski definition) is 4. The molecule has 134 valence electrons. The quantitative estimate of drug-likeness (QED) is 0.446. The molecule has 0 aromatic rings. The second-order valence-corrected chi connectivity index (χ2v) is 10.1. The van der Waals surface area contributed by atoms with Crippen molar-refractivity contribution in [1.82, 2.24) is 10.2 Å². The summed E-state index contributed by atoms with van der Waals surface area (Å²) in [4.78, 5) is 6.43. The Morgan fingerprint density at radius 3 is 2.57 bits per heavy atom. The number of nitrogens with zero attached hydrogens (tertiary/aromatic N) is 2. The Morgan fingerprint density at radius 1 is 1.35 bits per heavy atom. The zero-order valence-corrected chi connectivity index (χ0v) is 15.7. The van der Waals surface area contributed by atoms with Gasteiger partial charge in [0.05, 0.1) is 10.5 Å². The Hall–Kier alpha value is -0.820. The summed E-state index contributed by atoms with van der Waals surface area (Å²) >= 11 is 0. The summed E-state index contributed by atoms with van der Waals surface area (Å²) in [7, 11) is -1.26. The minimum Gasteiger partial charge on any atom is -0.382 e. The van der Waals surface area contributed by atoms with Crippen LogP contribution in [0.5, 0.6) is 0 Å². The molecule has 6 nitrogen and oxygen atoms in total. The molecule has 1 saturated carbocycles. The van der Waals surface area contributed by atoms with Crippen LogP contribution in [0, 0.1) is 5.41 Å². The molecular formula is C16H31N3O3S. The van der Waals surface area contributed by atoms with Crippen LogP contribution in [-0.2, 0) is 14.6 Å². The first kappa shape index (κ1) is 18.5. The minimum absolute atomic E-state index is 0.191. The average Bonchev–Trinajstić information content (AvgIpc) is 3.24. The molecule has 1 saturated heterocycles. The molecule has 7 heteroatoms. The van der Waals surface area contributed by atoms with Gasteiger partial charge < -0.3 is 15.0 Å². The van der Waals surface area contributed by atoms with E-state index in [4.69, 9.17) is 4.74 Å². The highest BCUT2D eigenvalue weighted by atomic mass is 32.2. The van der Waals surface area contributed by atoms with E-state index in [0.717, 1.165) is 32.1 Å². The highest BCUT2D eigenvalue weighted by Gasteiger charge is 2.44. The van der Waals surface area contributed by atoms with Gasteiger partial charge in [0.15, 0.2) is 15.8 Å². The van der Waals surface area contributed by atoms with Crippen LogP contribution >= 0.6 is 0 Å². The zero-order chi connectivity index (χ0) is 17.1. The lowest BCUT2D eigenvalue weighted by molar-refractivity contribution is 0.128. The molecule has 2 aliphatic rings. The second kappa shape index (κ2) is 6.97. The molecule has 23 heavy (non-hydrogen) atoms. The van der Waals surface area contributed by atoms with Crippen molar-refractivity contribution in [2.24, 2.45) is 10.4 Å². The molecule has 0 atom stereocenters. The van der Waals surface area contributed by atoms with E-state index in [1.165, 1.54) is 12.8 Å². The third-order valence-corrected chi connectivity index (χ3v) is 7.65. The molecule has 0 aromatic carbocycles. The number of nitrogens with one attached hydrogen (secondary N) is 1. The molecule has 1 aliphatic carbocycles. The molecular weight excluding hydrogens is 314 g/mol. The molecule has 1 aliphatic heterocycles. The smallest absolute Gasteiger partial charge is 0.193 e. The van der Waals surface area contributed by atoms with Crippen LogP contribution in [0.3, 0.4) is 0 Å². The van der Waals surface area contributed by atoms with E-state index in [9.17, 15) is 8.42 Å². The standard InChI is InChI=1S/C16H31N3O3S/c1-5-22-10-8-16(6-7-16)12-18-14(17-4)19-9-11-23(20,21)15(2,3)13-19/h5-13H2,1-4H3,(H,17,18). The second-order valence-electron chi connectivity index (χ2n) is 7.35. The third-order valence-electron chi connectivity index (χ3n) is 5.11.